The Hall–Kier alpha value is -0.0800. The molecule has 0 aliphatic carbocycles. The van der Waals surface area contributed by atoms with Gasteiger partial charge in [0, 0.05) is 12.6 Å². The average Bonchev–Trinajstić information content (AvgIpc) is 2.14. The Balaban J connectivity index is 2.22. The van der Waals surface area contributed by atoms with Gasteiger partial charge in [-0.05, 0) is 12.8 Å². The van der Waals surface area contributed by atoms with Crippen LogP contribution in [0.1, 0.15) is 19.8 Å². The molecule has 1 heterocycles. The zero-order chi connectivity index (χ0) is 5.98. The van der Waals surface area contributed by atoms with Crippen LogP contribution in [0.3, 0.4) is 0 Å². The van der Waals surface area contributed by atoms with Crippen molar-refractivity contribution in [1.82, 2.24) is 5.32 Å². The van der Waals surface area contributed by atoms with Gasteiger partial charge in [-0.25, -0.2) is 0 Å². The van der Waals surface area contributed by atoms with Crippen molar-refractivity contribution < 1.29 is 5.11 Å². The van der Waals surface area contributed by atoms with Crippen molar-refractivity contribution in [1.29, 1.82) is 0 Å². The Labute approximate surface area is 49.9 Å². The first-order chi connectivity index (χ1) is 3.83. The standard InChI is InChI=1S/C6H13NO/c1-2-5-3-6(8)4-7-5/h5-8H,2-4H2,1H3/t5-,6+/m1/s1. The lowest BCUT2D eigenvalue weighted by Gasteiger charge is -2.02. The molecule has 1 aliphatic rings. The maximum atomic E-state index is 8.97. The highest BCUT2D eigenvalue weighted by Crippen LogP contribution is 2.07. The van der Waals surface area contributed by atoms with Gasteiger partial charge in [-0.3, -0.25) is 0 Å². The monoisotopic (exact) mass is 115 g/mol. The van der Waals surface area contributed by atoms with Crippen LogP contribution in [0.4, 0.5) is 0 Å². The molecule has 0 radical (unpaired) electrons. The maximum absolute atomic E-state index is 8.97. The van der Waals surface area contributed by atoms with Crippen LogP contribution in [0.5, 0.6) is 0 Å². The molecule has 0 bridgehead atoms. The van der Waals surface area contributed by atoms with Crippen molar-refractivity contribution >= 4 is 0 Å². The molecule has 0 unspecified atom stereocenters. The number of nitrogens with one attached hydrogen (secondary N) is 1. The summed E-state index contributed by atoms with van der Waals surface area (Å²) >= 11 is 0. The SMILES string of the molecule is CC[C@@H]1C[C@H](O)CN1. The Kier molecular flexibility index (Phi) is 1.86. The molecule has 1 aliphatic heterocycles. The Bertz CT molecular complexity index is 74.9. The third kappa shape index (κ3) is 1.20. The lowest BCUT2D eigenvalue weighted by molar-refractivity contribution is 0.193. The molecule has 0 aromatic carbocycles. The highest BCUT2D eigenvalue weighted by molar-refractivity contribution is 4.79. The molecule has 1 rings (SSSR count). The van der Waals surface area contributed by atoms with Gasteiger partial charge in [0.25, 0.3) is 0 Å². The molecule has 0 aromatic rings. The van der Waals surface area contributed by atoms with Crippen LogP contribution in [0.15, 0.2) is 0 Å². The van der Waals surface area contributed by atoms with Gasteiger partial charge in [0.15, 0.2) is 0 Å². The summed E-state index contributed by atoms with van der Waals surface area (Å²) in [5.74, 6) is 0. The molecule has 2 atom stereocenters. The molecule has 1 saturated heterocycles. The topological polar surface area (TPSA) is 32.3 Å². The first-order valence-corrected chi connectivity index (χ1v) is 3.24. The first kappa shape index (κ1) is 6.05. The van der Waals surface area contributed by atoms with Gasteiger partial charge in [-0.1, -0.05) is 6.92 Å². The average molecular weight is 115 g/mol. The summed E-state index contributed by atoms with van der Waals surface area (Å²) in [4.78, 5) is 0. The number of aliphatic hydroxyl groups is 1. The van der Waals surface area contributed by atoms with Gasteiger partial charge in [-0.2, -0.15) is 0 Å². The molecule has 2 N–H and O–H groups in total. The summed E-state index contributed by atoms with van der Waals surface area (Å²) in [7, 11) is 0. The molecule has 0 spiro atoms. The van der Waals surface area contributed by atoms with E-state index in [2.05, 4.69) is 12.2 Å². The molecule has 2 nitrogen and oxygen atoms in total. The van der Waals surface area contributed by atoms with Crippen LogP contribution in [0, 0.1) is 0 Å². The van der Waals surface area contributed by atoms with E-state index in [4.69, 9.17) is 5.11 Å². The van der Waals surface area contributed by atoms with Gasteiger partial charge in [-0.15, -0.1) is 0 Å². The van der Waals surface area contributed by atoms with Crippen LogP contribution in [0.2, 0.25) is 0 Å². The third-order valence-electron chi connectivity index (χ3n) is 1.69. The van der Waals surface area contributed by atoms with E-state index in [9.17, 15) is 0 Å². The van der Waals surface area contributed by atoms with Crippen LogP contribution in [-0.2, 0) is 0 Å². The van der Waals surface area contributed by atoms with Crippen molar-refractivity contribution in [2.75, 3.05) is 6.54 Å². The van der Waals surface area contributed by atoms with Gasteiger partial charge >= 0.3 is 0 Å². The van der Waals surface area contributed by atoms with E-state index >= 15 is 0 Å². The van der Waals surface area contributed by atoms with Crippen LogP contribution in [0.25, 0.3) is 0 Å². The molecule has 0 amide bonds. The van der Waals surface area contributed by atoms with E-state index in [0.717, 1.165) is 19.4 Å². The quantitative estimate of drug-likeness (QED) is 0.508. The van der Waals surface area contributed by atoms with Crippen LogP contribution >= 0.6 is 0 Å². The van der Waals surface area contributed by atoms with Crippen molar-refractivity contribution in [2.24, 2.45) is 0 Å². The Morgan fingerprint density at radius 3 is 2.75 bits per heavy atom. The van der Waals surface area contributed by atoms with E-state index in [-0.39, 0.29) is 6.10 Å². The summed E-state index contributed by atoms with van der Waals surface area (Å²) in [6, 6.07) is 0.574. The molecule has 0 aromatic heterocycles. The second kappa shape index (κ2) is 2.46. The molecule has 8 heavy (non-hydrogen) atoms. The highest BCUT2D eigenvalue weighted by Gasteiger charge is 2.19. The summed E-state index contributed by atoms with van der Waals surface area (Å²) < 4.78 is 0. The Morgan fingerprint density at radius 1 is 1.75 bits per heavy atom. The predicted octanol–water partition coefficient (Wildman–Crippen LogP) is 0.119. The fraction of sp³-hybridized carbons (Fsp3) is 1.00. The highest BCUT2D eigenvalue weighted by atomic mass is 16.3. The van der Waals surface area contributed by atoms with Crippen molar-refractivity contribution in [3.8, 4) is 0 Å². The van der Waals surface area contributed by atoms with E-state index < -0.39 is 0 Å². The number of hydrogen-bond acceptors (Lipinski definition) is 2. The minimum Gasteiger partial charge on any atom is -0.392 e. The summed E-state index contributed by atoms with van der Waals surface area (Å²) in [5, 5.41) is 12.2. The van der Waals surface area contributed by atoms with Crippen LogP contribution in [-0.4, -0.2) is 23.8 Å². The predicted molar refractivity (Wildman–Crippen MR) is 32.7 cm³/mol. The maximum Gasteiger partial charge on any atom is 0.0679 e. The largest absolute Gasteiger partial charge is 0.392 e. The second-order valence-corrected chi connectivity index (χ2v) is 2.40. The Morgan fingerprint density at radius 2 is 2.50 bits per heavy atom. The first-order valence-electron chi connectivity index (χ1n) is 3.24. The normalized spacial score (nSPS) is 38.2. The van der Waals surface area contributed by atoms with E-state index in [1.807, 2.05) is 0 Å². The third-order valence-corrected chi connectivity index (χ3v) is 1.69. The molecule has 48 valence electrons. The van der Waals surface area contributed by atoms with Gasteiger partial charge in [0.05, 0.1) is 6.10 Å². The summed E-state index contributed by atoms with van der Waals surface area (Å²) in [6.45, 7) is 2.92. The molecular formula is C6H13NO. The number of hydrogen-bond donors (Lipinski definition) is 2. The molecular weight excluding hydrogens is 102 g/mol. The van der Waals surface area contributed by atoms with Gasteiger partial charge in [0.1, 0.15) is 0 Å². The lowest BCUT2D eigenvalue weighted by Crippen LogP contribution is -2.19. The zero-order valence-corrected chi connectivity index (χ0v) is 5.22. The van der Waals surface area contributed by atoms with E-state index in [0.29, 0.717) is 6.04 Å². The second-order valence-electron chi connectivity index (χ2n) is 2.40. The zero-order valence-electron chi connectivity index (χ0n) is 5.22. The summed E-state index contributed by atoms with van der Waals surface area (Å²) in [5.41, 5.74) is 0. The molecule has 1 fully saturated rings. The van der Waals surface area contributed by atoms with Gasteiger partial charge < -0.3 is 10.4 Å². The molecule has 0 saturated carbocycles. The summed E-state index contributed by atoms with van der Waals surface area (Å²) in [6.07, 6.45) is 1.99. The minimum atomic E-state index is -0.0834. The fourth-order valence-corrected chi connectivity index (χ4v) is 1.11. The number of β-amino-alcohol motifs (C(OH)–C–C–N with tert-alkyl or cyclic N) is 1. The number of rotatable bonds is 1. The van der Waals surface area contributed by atoms with Crippen molar-refractivity contribution in [3.63, 3.8) is 0 Å². The minimum absolute atomic E-state index is 0.0834. The fourth-order valence-electron chi connectivity index (χ4n) is 1.11. The number of aliphatic hydroxyl groups excluding tert-OH is 1. The molecule has 2 heteroatoms. The van der Waals surface area contributed by atoms with Crippen molar-refractivity contribution in [2.45, 2.75) is 31.9 Å². The van der Waals surface area contributed by atoms with E-state index in [1.54, 1.807) is 0 Å². The van der Waals surface area contributed by atoms with E-state index in [1.165, 1.54) is 0 Å². The smallest absolute Gasteiger partial charge is 0.0679 e. The lowest BCUT2D eigenvalue weighted by atomic mass is 10.2. The van der Waals surface area contributed by atoms with Crippen molar-refractivity contribution in [3.05, 3.63) is 0 Å². The van der Waals surface area contributed by atoms with Gasteiger partial charge in [0.2, 0.25) is 0 Å². The van der Waals surface area contributed by atoms with Crippen LogP contribution < -0.4 is 5.32 Å².